The average Bonchev–Trinajstić information content (AvgIpc) is 2.91. The fraction of sp³-hybridized carbons (Fsp3) is 0.0556. The number of carbonyl (C=O) groups is 3. The number of hydrogen-bond acceptors (Lipinski definition) is 6. The summed E-state index contributed by atoms with van der Waals surface area (Å²) in [6, 6.07) is 10.8. The van der Waals surface area contributed by atoms with E-state index in [4.69, 9.17) is 0 Å². The third-order valence-corrected chi connectivity index (χ3v) is 4.63. The highest BCUT2D eigenvalue weighted by Gasteiger charge is 2.36. The number of benzene rings is 2. The van der Waals surface area contributed by atoms with Crippen molar-refractivity contribution in [2.75, 3.05) is 11.9 Å². The van der Waals surface area contributed by atoms with E-state index in [-0.39, 0.29) is 16.2 Å². The first-order chi connectivity index (χ1) is 13.3. The predicted molar refractivity (Wildman–Crippen MR) is 101 cm³/mol. The molecule has 1 fully saturated rings. The lowest BCUT2D eigenvalue weighted by atomic mass is 10.1. The van der Waals surface area contributed by atoms with Gasteiger partial charge in [-0.2, -0.15) is 0 Å². The van der Waals surface area contributed by atoms with Crippen LogP contribution in [-0.2, 0) is 9.59 Å². The van der Waals surface area contributed by atoms with Gasteiger partial charge in [0.05, 0.1) is 15.4 Å². The molecule has 1 aliphatic heterocycles. The quantitative estimate of drug-likeness (QED) is 0.467. The second-order valence-electron chi connectivity index (χ2n) is 5.64. The van der Waals surface area contributed by atoms with Gasteiger partial charge in [0.2, 0.25) is 5.91 Å². The maximum absolute atomic E-state index is 12.9. The van der Waals surface area contributed by atoms with Crippen LogP contribution in [0.25, 0.3) is 6.08 Å². The Bertz CT molecular complexity index is 1010. The van der Waals surface area contributed by atoms with Crippen LogP contribution in [0.15, 0.2) is 53.4 Å². The molecule has 2 aromatic carbocycles. The second-order valence-corrected chi connectivity index (χ2v) is 6.63. The molecule has 0 aliphatic carbocycles. The van der Waals surface area contributed by atoms with E-state index in [1.54, 1.807) is 6.07 Å². The summed E-state index contributed by atoms with van der Waals surface area (Å²) in [6.07, 6.45) is 1.25. The molecule has 142 valence electrons. The molecule has 1 aliphatic rings. The number of hydrogen-bond donors (Lipinski definition) is 1. The predicted octanol–water partition coefficient (Wildman–Crippen LogP) is 3.41. The molecule has 1 saturated heterocycles. The number of nitro benzene ring substituents is 1. The van der Waals surface area contributed by atoms with E-state index in [1.165, 1.54) is 36.4 Å². The van der Waals surface area contributed by atoms with Gasteiger partial charge in [-0.1, -0.05) is 12.1 Å². The molecule has 3 amide bonds. The molecule has 0 spiro atoms. The number of para-hydroxylation sites is 1. The van der Waals surface area contributed by atoms with Crippen LogP contribution < -0.4 is 5.32 Å². The largest absolute Gasteiger partial charge is 0.325 e. The Morgan fingerprint density at radius 1 is 1.18 bits per heavy atom. The van der Waals surface area contributed by atoms with Crippen LogP contribution in [0.2, 0.25) is 0 Å². The summed E-state index contributed by atoms with van der Waals surface area (Å²) < 4.78 is 12.9. The summed E-state index contributed by atoms with van der Waals surface area (Å²) in [5.74, 6) is -1.83. The van der Waals surface area contributed by atoms with Crippen molar-refractivity contribution in [2.45, 2.75) is 0 Å². The molecule has 8 nitrogen and oxygen atoms in total. The van der Waals surface area contributed by atoms with Gasteiger partial charge < -0.3 is 5.32 Å². The SMILES string of the molecule is O=C(CN1C(=O)S/C(=C/c2ccccc2[N+](=O)[O-])C1=O)Nc1ccc(F)cc1. The normalized spacial score (nSPS) is 15.2. The van der Waals surface area contributed by atoms with Crippen LogP contribution in [-0.4, -0.2) is 33.4 Å². The first-order valence-electron chi connectivity index (χ1n) is 7.89. The maximum atomic E-state index is 12.9. The first kappa shape index (κ1) is 19.2. The number of halogens is 1. The molecular formula is C18H12FN3O5S. The number of nitro groups is 1. The highest BCUT2D eigenvalue weighted by molar-refractivity contribution is 8.18. The van der Waals surface area contributed by atoms with Crippen LogP contribution in [0.4, 0.5) is 20.6 Å². The van der Waals surface area contributed by atoms with E-state index >= 15 is 0 Å². The number of amides is 3. The van der Waals surface area contributed by atoms with Crippen LogP contribution in [0.1, 0.15) is 5.56 Å². The summed E-state index contributed by atoms with van der Waals surface area (Å²) in [5, 5.41) is 12.9. The molecule has 0 atom stereocenters. The molecule has 0 aromatic heterocycles. The number of anilines is 1. The van der Waals surface area contributed by atoms with Crippen molar-refractivity contribution >= 4 is 46.3 Å². The Kier molecular flexibility index (Phi) is 5.50. The van der Waals surface area contributed by atoms with Gasteiger partial charge in [0.1, 0.15) is 12.4 Å². The van der Waals surface area contributed by atoms with Crippen LogP contribution in [0.3, 0.4) is 0 Å². The van der Waals surface area contributed by atoms with E-state index in [0.29, 0.717) is 17.4 Å². The standard InChI is InChI=1S/C18H12FN3O5S/c19-12-5-7-13(8-6-12)20-16(23)10-21-17(24)15(28-18(21)25)9-11-3-1-2-4-14(11)22(26)27/h1-9H,10H2,(H,20,23)/b15-9+. The number of carbonyl (C=O) groups excluding carboxylic acids is 3. The van der Waals surface area contributed by atoms with Crippen LogP contribution in [0, 0.1) is 15.9 Å². The summed E-state index contributed by atoms with van der Waals surface area (Å²) >= 11 is 0.594. The smallest absolute Gasteiger partial charge is 0.294 e. The number of rotatable bonds is 5. The van der Waals surface area contributed by atoms with Gasteiger partial charge in [0, 0.05) is 11.8 Å². The van der Waals surface area contributed by atoms with Gasteiger partial charge in [-0.25, -0.2) is 4.39 Å². The maximum Gasteiger partial charge on any atom is 0.294 e. The lowest BCUT2D eigenvalue weighted by Gasteiger charge is -2.12. The van der Waals surface area contributed by atoms with Crippen LogP contribution >= 0.6 is 11.8 Å². The van der Waals surface area contributed by atoms with E-state index < -0.39 is 34.3 Å². The van der Waals surface area contributed by atoms with Gasteiger partial charge in [-0.05, 0) is 48.2 Å². The fourth-order valence-electron chi connectivity index (χ4n) is 2.43. The first-order valence-corrected chi connectivity index (χ1v) is 8.71. The Morgan fingerprint density at radius 2 is 1.86 bits per heavy atom. The lowest BCUT2D eigenvalue weighted by molar-refractivity contribution is -0.385. The van der Waals surface area contributed by atoms with Crippen molar-refractivity contribution in [3.05, 3.63) is 74.9 Å². The lowest BCUT2D eigenvalue weighted by Crippen LogP contribution is -2.36. The Morgan fingerprint density at radius 3 is 2.54 bits per heavy atom. The van der Waals surface area contributed by atoms with Crippen molar-refractivity contribution in [3.63, 3.8) is 0 Å². The van der Waals surface area contributed by atoms with Gasteiger partial charge in [-0.3, -0.25) is 29.4 Å². The number of thioether (sulfide) groups is 1. The van der Waals surface area contributed by atoms with Gasteiger partial charge in [-0.15, -0.1) is 0 Å². The van der Waals surface area contributed by atoms with Crippen molar-refractivity contribution in [1.29, 1.82) is 0 Å². The molecule has 0 bridgehead atoms. The van der Waals surface area contributed by atoms with Gasteiger partial charge >= 0.3 is 0 Å². The summed E-state index contributed by atoms with van der Waals surface area (Å²) in [7, 11) is 0. The molecule has 3 rings (SSSR count). The number of imide groups is 1. The van der Waals surface area contributed by atoms with Crippen molar-refractivity contribution in [1.82, 2.24) is 4.90 Å². The zero-order valence-electron chi connectivity index (χ0n) is 14.1. The monoisotopic (exact) mass is 401 g/mol. The van der Waals surface area contributed by atoms with E-state index in [0.717, 1.165) is 17.0 Å². The average molecular weight is 401 g/mol. The molecule has 0 unspecified atom stereocenters. The minimum Gasteiger partial charge on any atom is -0.325 e. The number of nitrogens with zero attached hydrogens (tertiary/aromatic N) is 2. The fourth-order valence-corrected chi connectivity index (χ4v) is 3.26. The summed E-state index contributed by atoms with van der Waals surface area (Å²) in [5.41, 5.74) is 0.283. The van der Waals surface area contributed by atoms with Crippen molar-refractivity contribution in [3.8, 4) is 0 Å². The summed E-state index contributed by atoms with van der Waals surface area (Å²) in [4.78, 5) is 47.8. The van der Waals surface area contributed by atoms with Crippen LogP contribution in [0.5, 0.6) is 0 Å². The minimum atomic E-state index is -0.720. The third-order valence-electron chi connectivity index (χ3n) is 3.72. The molecule has 10 heteroatoms. The Balaban J connectivity index is 1.74. The molecule has 0 radical (unpaired) electrons. The highest BCUT2D eigenvalue weighted by atomic mass is 32.2. The Labute approximate surface area is 162 Å². The van der Waals surface area contributed by atoms with E-state index in [1.807, 2.05) is 0 Å². The molecule has 0 saturated carbocycles. The third kappa shape index (κ3) is 4.23. The molecule has 2 aromatic rings. The molecule has 1 N–H and O–H groups in total. The molecule has 28 heavy (non-hydrogen) atoms. The Hall–Kier alpha value is -3.53. The zero-order valence-corrected chi connectivity index (χ0v) is 14.9. The van der Waals surface area contributed by atoms with Crippen molar-refractivity contribution in [2.24, 2.45) is 0 Å². The van der Waals surface area contributed by atoms with Crippen molar-refractivity contribution < 1.29 is 23.7 Å². The second kappa shape index (κ2) is 8.01. The zero-order chi connectivity index (χ0) is 20.3. The summed E-state index contributed by atoms with van der Waals surface area (Å²) in [6.45, 7) is -0.531. The molecule has 1 heterocycles. The van der Waals surface area contributed by atoms with E-state index in [9.17, 15) is 28.9 Å². The molecular weight excluding hydrogens is 389 g/mol. The van der Waals surface area contributed by atoms with E-state index in [2.05, 4.69) is 5.32 Å². The highest BCUT2D eigenvalue weighted by Crippen LogP contribution is 2.33. The number of nitrogens with one attached hydrogen (secondary N) is 1. The minimum absolute atomic E-state index is 0.0196. The topological polar surface area (TPSA) is 110 Å². The van der Waals surface area contributed by atoms with Gasteiger partial charge in [0.25, 0.3) is 16.8 Å². The van der Waals surface area contributed by atoms with Gasteiger partial charge in [0.15, 0.2) is 0 Å².